The molecule has 0 fully saturated rings. The van der Waals surface area contributed by atoms with Crippen LogP contribution in [-0.4, -0.2) is 12.5 Å². The average molecular weight is 456 g/mol. The van der Waals surface area contributed by atoms with Crippen molar-refractivity contribution in [3.8, 4) is 24.2 Å². The van der Waals surface area contributed by atoms with Crippen LogP contribution in [-0.2, 0) is 4.79 Å². The Kier molecular flexibility index (Phi) is 7.25. The first-order valence-corrected chi connectivity index (χ1v) is 8.96. The van der Waals surface area contributed by atoms with E-state index in [4.69, 9.17) is 11.2 Å². The Balaban J connectivity index is 2.14. The molecular weight excluding hydrogens is 439 g/mol. The van der Waals surface area contributed by atoms with Crippen LogP contribution in [0.15, 0.2) is 54.1 Å². The van der Waals surface area contributed by atoms with Crippen LogP contribution in [0, 0.1) is 27.2 Å². The number of nitriles is 1. The Labute approximate surface area is 167 Å². The summed E-state index contributed by atoms with van der Waals surface area (Å²) in [5.41, 5.74) is 1.75. The monoisotopic (exact) mass is 456 g/mol. The highest BCUT2D eigenvalue weighted by molar-refractivity contribution is 14.1. The molecule has 0 bridgehead atoms. The van der Waals surface area contributed by atoms with Gasteiger partial charge in [0, 0.05) is 0 Å². The van der Waals surface area contributed by atoms with Crippen molar-refractivity contribution in [2.75, 3.05) is 6.61 Å². The molecule has 0 spiro atoms. The highest BCUT2D eigenvalue weighted by Crippen LogP contribution is 2.23. The third-order valence-corrected chi connectivity index (χ3v) is 4.43. The Hall–Kier alpha value is -2.77. The van der Waals surface area contributed by atoms with Crippen LogP contribution in [0.4, 0.5) is 0 Å². The van der Waals surface area contributed by atoms with Gasteiger partial charge in [-0.2, -0.15) is 5.26 Å². The summed E-state index contributed by atoms with van der Waals surface area (Å²) in [6, 6.07) is 16.7. The number of ether oxygens (including phenoxy) is 1. The zero-order chi connectivity index (χ0) is 18.9. The van der Waals surface area contributed by atoms with Crippen molar-refractivity contribution in [2.24, 2.45) is 0 Å². The molecule has 0 heterocycles. The number of hydrogen-bond acceptors (Lipinski definition) is 3. The van der Waals surface area contributed by atoms with Gasteiger partial charge in [0.1, 0.15) is 24.0 Å². The van der Waals surface area contributed by atoms with E-state index in [1.807, 2.05) is 49.4 Å². The second-order valence-electron chi connectivity index (χ2n) is 5.46. The fourth-order valence-electron chi connectivity index (χ4n) is 2.26. The number of hydrogen-bond donors (Lipinski definition) is 1. The van der Waals surface area contributed by atoms with Crippen molar-refractivity contribution >= 4 is 34.6 Å². The molecule has 2 aromatic rings. The van der Waals surface area contributed by atoms with Crippen LogP contribution in [0.2, 0.25) is 0 Å². The average Bonchev–Trinajstić information content (AvgIpc) is 2.66. The SMILES string of the molecule is C#CCOc1ccc(/C=C(/C#N)C(=O)N[C@H](C)c2ccccc2)cc1I. The van der Waals surface area contributed by atoms with Crippen LogP contribution >= 0.6 is 22.6 Å². The molecule has 5 heteroatoms. The van der Waals surface area contributed by atoms with Gasteiger partial charge in [-0.25, -0.2) is 0 Å². The minimum atomic E-state index is -0.411. The van der Waals surface area contributed by atoms with Crippen molar-refractivity contribution in [3.63, 3.8) is 0 Å². The number of benzene rings is 2. The summed E-state index contributed by atoms with van der Waals surface area (Å²) in [6.07, 6.45) is 6.74. The van der Waals surface area contributed by atoms with Crippen molar-refractivity contribution in [1.29, 1.82) is 5.26 Å². The van der Waals surface area contributed by atoms with Gasteiger partial charge in [-0.1, -0.05) is 42.3 Å². The first-order chi connectivity index (χ1) is 12.5. The number of carbonyl (C=O) groups excluding carboxylic acids is 1. The molecule has 0 unspecified atom stereocenters. The van der Waals surface area contributed by atoms with Gasteiger partial charge in [0.05, 0.1) is 9.61 Å². The summed E-state index contributed by atoms with van der Waals surface area (Å²) in [5, 5.41) is 12.2. The van der Waals surface area contributed by atoms with E-state index in [0.29, 0.717) is 5.75 Å². The summed E-state index contributed by atoms with van der Waals surface area (Å²) in [7, 11) is 0. The molecule has 4 nitrogen and oxygen atoms in total. The number of halogens is 1. The van der Waals surface area contributed by atoms with E-state index >= 15 is 0 Å². The van der Waals surface area contributed by atoms with E-state index in [-0.39, 0.29) is 18.2 Å². The smallest absolute Gasteiger partial charge is 0.262 e. The van der Waals surface area contributed by atoms with Crippen LogP contribution in [0.1, 0.15) is 24.1 Å². The highest BCUT2D eigenvalue weighted by atomic mass is 127. The Morgan fingerprint density at radius 1 is 1.35 bits per heavy atom. The van der Waals surface area contributed by atoms with Crippen molar-refractivity contribution in [3.05, 3.63) is 68.8 Å². The Bertz CT molecular complexity index is 892. The predicted molar refractivity (Wildman–Crippen MR) is 110 cm³/mol. The van der Waals surface area contributed by atoms with Gasteiger partial charge in [0.15, 0.2) is 0 Å². The second-order valence-corrected chi connectivity index (χ2v) is 6.62. The number of terminal acetylenes is 1. The Morgan fingerprint density at radius 2 is 2.08 bits per heavy atom. The lowest BCUT2D eigenvalue weighted by Gasteiger charge is -2.13. The topological polar surface area (TPSA) is 62.1 Å². The number of nitrogens with one attached hydrogen (secondary N) is 1. The maximum absolute atomic E-state index is 12.4. The molecule has 26 heavy (non-hydrogen) atoms. The maximum Gasteiger partial charge on any atom is 0.262 e. The van der Waals surface area contributed by atoms with E-state index in [9.17, 15) is 10.1 Å². The van der Waals surface area contributed by atoms with Crippen molar-refractivity contribution in [2.45, 2.75) is 13.0 Å². The third-order valence-electron chi connectivity index (χ3n) is 3.59. The summed E-state index contributed by atoms with van der Waals surface area (Å²) in [4.78, 5) is 12.4. The van der Waals surface area contributed by atoms with Gasteiger partial charge in [-0.15, -0.1) is 6.42 Å². The Morgan fingerprint density at radius 3 is 2.69 bits per heavy atom. The minimum absolute atomic E-state index is 0.0425. The fraction of sp³-hybridized carbons (Fsp3) is 0.143. The van der Waals surface area contributed by atoms with Gasteiger partial charge >= 0.3 is 0 Å². The van der Waals surface area contributed by atoms with Crippen LogP contribution < -0.4 is 10.1 Å². The normalized spacial score (nSPS) is 11.8. The number of amides is 1. The highest BCUT2D eigenvalue weighted by Gasteiger charge is 2.14. The second kappa shape index (κ2) is 9.65. The van der Waals surface area contributed by atoms with Gasteiger partial charge in [-0.3, -0.25) is 4.79 Å². The minimum Gasteiger partial charge on any atom is -0.480 e. The maximum atomic E-state index is 12.4. The lowest BCUT2D eigenvalue weighted by molar-refractivity contribution is -0.117. The van der Waals surface area contributed by atoms with Crippen LogP contribution in [0.25, 0.3) is 6.08 Å². The molecule has 0 aromatic heterocycles. The molecule has 0 saturated carbocycles. The van der Waals surface area contributed by atoms with E-state index in [0.717, 1.165) is 14.7 Å². The first-order valence-electron chi connectivity index (χ1n) is 7.88. The molecule has 0 aliphatic heterocycles. The third kappa shape index (κ3) is 5.37. The van der Waals surface area contributed by atoms with Gasteiger partial charge in [0.2, 0.25) is 0 Å². The first kappa shape index (κ1) is 19.6. The molecule has 1 atom stereocenters. The zero-order valence-corrected chi connectivity index (χ0v) is 16.4. The van der Waals surface area contributed by atoms with Crippen LogP contribution in [0.3, 0.4) is 0 Å². The number of carbonyl (C=O) groups is 1. The molecule has 1 amide bonds. The lowest BCUT2D eigenvalue weighted by Crippen LogP contribution is -2.27. The largest absolute Gasteiger partial charge is 0.480 e. The molecule has 2 aromatic carbocycles. The molecule has 0 aliphatic rings. The summed E-state index contributed by atoms with van der Waals surface area (Å²) in [6.45, 7) is 2.07. The lowest BCUT2D eigenvalue weighted by atomic mass is 10.1. The van der Waals surface area contributed by atoms with Crippen molar-refractivity contribution in [1.82, 2.24) is 5.32 Å². The van der Waals surface area contributed by atoms with E-state index < -0.39 is 5.91 Å². The molecule has 2 rings (SSSR count). The summed E-state index contributed by atoms with van der Waals surface area (Å²) in [5.74, 6) is 2.67. The molecule has 130 valence electrons. The molecular formula is C21H17IN2O2. The summed E-state index contributed by atoms with van der Waals surface area (Å²) >= 11 is 2.12. The summed E-state index contributed by atoms with van der Waals surface area (Å²) < 4.78 is 6.26. The predicted octanol–water partition coefficient (Wildman–Crippen LogP) is 4.09. The molecule has 0 saturated heterocycles. The van der Waals surface area contributed by atoms with Gasteiger partial charge < -0.3 is 10.1 Å². The molecule has 0 aliphatic carbocycles. The number of rotatable bonds is 6. The van der Waals surface area contributed by atoms with Crippen LogP contribution in [0.5, 0.6) is 5.75 Å². The quantitative estimate of drug-likeness (QED) is 0.308. The molecule has 0 radical (unpaired) electrons. The van der Waals surface area contributed by atoms with Gasteiger partial charge in [0.25, 0.3) is 5.91 Å². The van der Waals surface area contributed by atoms with E-state index in [2.05, 4.69) is 33.8 Å². The zero-order valence-electron chi connectivity index (χ0n) is 14.2. The van der Waals surface area contributed by atoms with E-state index in [1.165, 1.54) is 0 Å². The fourth-order valence-corrected chi connectivity index (χ4v) is 2.95. The standard InChI is InChI=1S/C21H17IN2O2/c1-3-11-26-20-10-9-16(13-19(20)22)12-18(14-23)21(25)24-15(2)17-7-5-4-6-8-17/h1,4-10,12-13,15H,11H2,2H3,(H,24,25)/b18-12-/t15-/m1/s1. The van der Waals surface area contributed by atoms with E-state index in [1.54, 1.807) is 18.2 Å². The number of nitrogens with zero attached hydrogens (tertiary/aromatic N) is 1. The van der Waals surface area contributed by atoms with Crippen molar-refractivity contribution < 1.29 is 9.53 Å². The molecule has 1 N–H and O–H groups in total. The van der Waals surface area contributed by atoms with Gasteiger partial charge in [-0.05, 0) is 58.9 Å².